The lowest BCUT2D eigenvalue weighted by atomic mass is 10.2. The van der Waals surface area contributed by atoms with Gasteiger partial charge in [-0.2, -0.15) is 0 Å². The van der Waals surface area contributed by atoms with Gasteiger partial charge in [0.2, 0.25) is 0 Å². The number of halogens is 2. The van der Waals surface area contributed by atoms with Gasteiger partial charge in [0, 0.05) is 19.6 Å². The van der Waals surface area contributed by atoms with Crippen molar-refractivity contribution in [2.75, 3.05) is 26.3 Å². The zero-order valence-electron chi connectivity index (χ0n) is 8.38. The highest BCUT2D eigenvalue weighted by Gasteiger charge is 2.11. The summed E-state index contributed by atoms with van der Waals surface area (Å²) < 4.78 is 30.8. The first-order valence-corrected chi connectivity index (χ1v) is 5.00. The van der Waals surface area contributed by atoms with Crippen LogP contribution in [0.1, 0.15) is 5.56 Å². The number of hydrogen-bond acceptors (Lipinski definition) is 2. The van der Waals surface area contributed by atoms with Gasteiger partial charge in [0.25, 0.3) is 0 Å². The number of ether oxygens (including phenoxy) is 1. The topological polar surface area (TPSA) is 12.5 Å². The predicted molar refractivity (Wildman–Crippen MR) is 52.5 cm³/mol. The Morgan fingerprint density at radius 3 is 2.53 bits per heavy atom. The van der Waals surface area contributed by atoms with Gasteiger partial charge in [-0.3, -0.25) is 4.90 Å². The SMILES string of the molecule is Fc1ccc(CN2CCOCC2)cc1F. The van der Waals surface area contributed by atoms with E-state index < -0.39 is 11.6 Å². The lowest BCUT2D eigenvalue weighted by molar-refractivity contribution is 0.0341. The Balaban J connectivity index is 2.00. The van der Waals surface area contributed by atoms with E-state index in [2.05, 4.69) is 4.90 Å². The van der Waals surface area contributed by atoms with Gasteiger partial charge < -0.3 is 4.74 Å². The fourth-order valence-electron chi connectivity index (χ4n) is 1.66. The molecule has 1 heterocycles. The third-order valence-electron chi connectivity index (χ3n) is 2.49. The van der Waals surface area contributed by atoms with Crippen LogP contribution in [0.2, 0.25) is 0 Å². The highest BCUT2D eigenvalue weighted by atomic mass is 19.2. The number of morpholine rings is 1. The molecule has 1 aromatic rings. The molecule has 0 atom stereocenters. The average Bonchev–Trinajstić information content (AvgIpc) is 2.25. The summed E-state index contributed by atoms with van der Waals surface area (Å²) in [5, 5.41) is 0. The van der Waals surface area contributed by atoms with E-state index in [0.29, 0.717) is 19.8 Å². The second-order valence-corrected chi connectivity index (χ2v) is 3.64. The first-order chi connectivity index (χ1) is 7.25. The molecule has 0 spiro atoms. The zero-order valence-corrected chi connectivity index (χ0v) is 8.38. The third-order valence-corrected chi connectivity index (χ3v) is 2.49. The number of rotatable bonds is 2. The molecule has 1 aromatic carbocycles. The summed E-state index contributed by atoms with van der Waals surface area (Å²) in [5.74, 6) is -1.57. The summed E-state index contributed by atoms with van der Waals surface area (Å²) in [7, 11) is 0. The molecule has 4 heteroatoms. The Kier molecular flexibility index (Phi) is 3.28. The van der Waals surface area contributed by atoms with Crippen LogP contribution < -0.4 is 0 Å². The molecule has 1 aliphatic rings. The lowest BCUT2D eigenvalue weighted by Gasteiger charge is -2.26. The van der Waals surface area contributed by atoms with E-state index in [0.717, 1.165) is 18.7 Å². The van der Waals surface area contributed by atoms with Crippen molar-refractivity contribution in [1.82, 2.24) is 4.90 Å². The maximum absolute atomic E-state index is 12.9. The van der Waals surface area contributed by atoms with E-state index in [-0.39, 0.29) is 0 Å². The molecule has 1 fully saturated rings. The van der Waals surface area contributed by atoms with Crippen LogP contribution in [0.5, 0.6) is 0 Å². The van der Waals surface area contributed by atoms with Crippen LogP contribution in [0.3, 0.4) is 0 Å². The normalized spacial score (nSPS) is 18.0. The minimum Gasteiger partial charge on any atom is -0.379 e. The molecule has 1 aliphatic heterocycles. The number of nitrogens with zero attached hydrogens (tertiary/aromatic N) is 1. The lowest BCUT2D eigenvalue weighted by Crippen LogP contribution is -2.35. The van der Waals surface area contributed by atoms with Crippen molar-refractivity contribution >= 4 is 0 Å². The van der Waals surface area contributed by atoms with E-state index in [9.17, 15) is 8.78 Å². The summed E-state index contributed by atoms with van der Waals surface area (Å²) >= 11 is 0. The maximum Gasteiger partial charge on any atom is 0.159 e. The monoisotopic (exact) mass is 213 g/mol. The Morgan fingerprint density at radius 1 is 1.13 bits per heavy atom. The Hall–Kier alpha value is -1.00. The molecule has 0 aliphatic carbocycles. The second kappa shape index (κ2) is 4.68. The molecule has 0 saturated carbocycles. The molecule has 15 heavy (non-hydrogen) atoms. The third kappa shape index (κ3) is 2.73. The van der Waals surface area contributed by atoms with Crippen LogP contribution in [-0.4, -0.2) is 31.2 Å². The van der Waals surface area contributed by atoms with Gasteiger partial charge in [-0.25, -0.2) is 8.78 Å². The number of hydrogen-bond donors (Lipinski definition) is 0. The van der Waals surface area contributed by atoms with Crippen LogP contribution in [0, 0.1) is 11.6 Å². The van der Waals surface area contributed by atoms with Crippen molar-refractivity contribution in [2.45, 2.75) is 6.54 Å². The smallest absolute Gasteiger partial charge is 0.159 e. The molecule has 0 N–H and O–H groups in total. The highest BCUT2D eigenvalue weighted by molar-refractivity contribution is 5.17. The minimum absolute atomic E-state index is 0.653. The summed E-state index contributed by atoms with van der Waals surface area (Å²) in [6.07, 6.45) is 0. The largest absolute Gasteiger partial charge is 0.379 e. The first kappa shape index (κ1) is 10.5. The molecule has 0 radical (unpaired) electrons. The molecular formula is C11H13F2NO. The van der Waals surface area contributed by atoms with Crippen LogP contribution in [-0.2, 0) is 11.3 Å². The van der Waals surface area contributed by atoms with E-state index in [1.54, 1.807) is 6.07 Å². The van der Waals surface area contributed by atoms with Crippen LogP contribution in [0.15, 0.2) is 18.2 Å². The minimum atomic E-state index is -0.791. The fourth-order valence-corrected chi connectivity index (χ4v) is 1.66. The van der Waals surface area contributed by atoms with Gasteiger partial charge in [-0.1, -0.05) is 6.07 Å². The molecule has 0 aromatic heterocycles. The zero-order chi connectivity index (χ0) is 10.7. The first-order valence-electron chi connectivity index (χ1n) is 5.00. The van der Waals surface area contributed by atoms with Crippen molar-refractivity contribution in [2.24, 2.45) is 0 Å². The van der Waals surface area contributed by atoms with Gasteiger partial charge in [-0.15, -0.1) is 0 Å². The Labute approximate surface area is 87.5 Å². The molecule has 0 amide bonds. The van der Waals surface area contributed by atoms with Crippen molar-refractivity contribution in [3.63, 3.8) is 0 Å². The van der Waals surface area contributed by atoms with Gasteiger partial charge in [-0.05, 0) is 17.7 Å². The molecule has 82 valence electrons. The maximum atomic E-state index is 12.9. The van der Waals surface area contributed by atoms with E-state index in [1.165, 1.54) is 12.1 Å². The van der Waals surface area contributed by atoms with Gasteiger partial charge in [0.15, 0.2) is 11.6 Å². The molecule has 2 nitrogen and oxygen atoms in total. The second-order valence-electron chi connectivity index (χ2n) is 3.64. The quantitative estimate of drug-likeness (QED) is 0.742. The fraction of sp³-hybridized carbons (Fsp3) is 0.455. The van der Waals surface area contributed by atoms with E-state index in [4.69, 9.17) is 4.74 Å². The van der Waals surface area contributed by atoms with Crippen molar-refractivity contribution in [3.05, 3.63) is 35.4 Å². The number of benzene rings is 1. The summed E-state index contributed by atoms with van der Waals surface area (Å²) in [5.41, 5.74) is 0.802. The molecule has 1 saturated heterocycles. The van der Waals surface area contributed by atoms with Gasteiger partial charge >= 0.3 is 0 Å². The molecular weight excluding hydrogens is 200 g/mol. The summed E-state index contributed by atoms with van der Waals surface area (Å²) in [6, 6.07) is 4.05. The van der Waals surface area contributed by atoms with Crippen molar-refractivity contribution in [3.8, 4) is 0 Å². The van der Waals surface area contributed by atoms with E-state index >= 15 is 0 Å². The Morgan fingerprint density at radius 2 is 1.87 bits per heavy atom. The Bertz CT molecular complexity index is 337. The van der Waals surface area contributed by atoms with Crippen LogP contribution in [0.25, 0.3) is 0 Å². The van der Waals surface area contributed by atoms with Gasteiger partial charge in [0.1, 0.15) is 0 Å². The summed E-state index contributed by atoms with van der Waals surface area (Å²) in [6.45, 7) is 3.77. The highest BCUT2D eigenvalue weighted by Crippen LogP contribution is 2.11. The van der Waals surface area contributed by atoms with E-state index in [1.807, 2.05) is 0 Å². The summed E-state index contributed by atoms with van der Waals surface area (Å²) in [4.78, 5) is 2.16. The predicted octanol–water partition coefficient (Wildman–Crippen LogP) is 1.80. The van der Waals surface area contributed by atoms with Gasteiger partial charge in [0.05, 0.1) is 13.2 Å². The van der Waals surface area contributed by atoms with Crippen molar-refractivity contribution in [1.29, 1.82) is 0 Å². The molecule has 0 unspecified atom stereocenters. The average molecular weight is 213 g/mol. The van der Waals surface area contributed by atoms with Crippen LogP contribution in [0.4, 0.5) is 8.78 Å². The molecule has 2 rings (SSSR count). The van der Waals surface area contributed by atoms with Crippen molar-refractivity contribution < 1.29 is 13.5 Å². The molecule has 0 bridgehead atoms. The van der Waals surface area contributed by atoms with Crippen LogP contribution >= 0.6 is 0 Å². The standard InChI is InChI=1S/C11H13F2NO/c12-10-2-1-9(7-11(10)13)8-14-3-5-15-6-4-14/h1-2,7H,3-6,8H2.